The fourth-order valence-corrected chi connectivity index (χ4v) is 0.846. The van der Waals surface area contributed by atoms with Gasteiger partial charge in [0.05, 0.1) is 6.61 Å². The van der Waals surface area contributed by atoms with Crippen LogP contribution in [0.15, 0.2) is 0 Å². The van der Waals surface area contributed by atoms with Crippen molar-refractivity contribution in [3.05, 3.63) is 0 Å². The number of hydrogen-bond donors (Lipinski definition) is 2. The van der Waals surface area contributed by atoms with Gasteiger partial charge in [-0.3, -0.25) is 14.8 Å². The third-order valence-electron chi connectivity index (χ3n) is 2.06. The Kier molecular flexibility index (Phi) is 5.02. The van der Waals surface area contributed by atoms with Gasteiger partial charge in [-0.2, -0.15) is 0 Å². The molecule has 0 aliphatic heterocycles. The number of carboxylic acids is 1. The molecule has 0 bridgehead atoms. The minimum Gasteiger partial charge on any atom is -0.480 e. The topological polar surface area (TPSA) is 58.6 Å². The first-order chi connectivity index (χ1) is 6.71. The first-order valence-electron chi connectivity index (χ1n) is 4.40. The molecule has 0 aromatic carbocycles. The second-order valence-electron chi connectivity index (χ2n) is 3.21. The quantitative estimate of drug-likeness (QED) is 0.675. The summed E-state index contributed by atoms with van der Waals surface area (Å²) in [6, 6.07) is 0. The van der Waals surface area contributed by atoms with Gasteiger partial charge in [-0.25, -0.2) is 0 Å². The maximum absolute atomic E-state index is 11.5. The molecule has 0 fully saturated rings. The van der Waals surface area contributed by atoms with Crippen LogP contribution in [0.5, 0.6) is 0 Å². The molecule has 0 heterocycles. The first-order valence-corrected chi connectivity index (χ1v) is 4.40. The highest BCUT2D eigenvalue weighted by Crippen LogP contribution is 2.15. The molecule has 2 N–H and O–H groups in total. The largest absolute Gasteiger partial charge is 0.522 e. The van der Waals surface area contributed by atoms with E-state index in [4.69, 9.17) is 5.11 Å². The Morgan fingerprint density at radius 1 is 1.47 bits per heavy atom. The molecular formula is C8H14F3NO3. The van der Waals surface area contributed by atoms with E-state index in [1.54, 1.807) is 6.92 Å². The van der Waals surface area contributed by atoms with Crippen molar-refractivity contribution in [1.82, 2.24) is 5.32 Å². The van der Waals surface area contributed by atoms with E-state index in [0.717, 1.165) is 0 Å². The summed E-state index contributed by atoms with van der Waals surface area (Å²) in [5.41, 5.74) is -1.21. The zero-order valence-electron chi connectivity index (χ0n) is 8.52. The standard InChI is InChI=1S/C8H14F3NO3/c1-3-7(2,6(13)14)12-4-5-15-8(9,10)11/h12H,3-5H2,1-2H3,(H,13,14). The summed E-state index contributed by atoms with van der Waals surface area (Å²) < 4.78 is 38.1. The highest BCUT2D eigenvalue weighted by Gasteiger charge is 2.32. The van der Waals surface area contributed by atoms with Crippen LogP contribution in [0.4, 0.5) is 13.2 Å². The summed E-state index contributed by atoms with van der Waals surface area (Å²) in [6.07, 6.45) is -4.40. The average molecular weight is 229 g/mol. The molecule has 0 saturated heterocycles. The number of carbonyl (C=O) groups is 1. The van der Waals surface area contributed by atoms with Crippen molar-refractivity contribution in [2.24, 2.45) is 0 Å². The lowest BCUT2D eigenvalue weighted by atomic mass is 9.99. The van der Waals surface area contributed by atoms with E-state index < -0.39 is 24.5 Å². The molecule has 0 radical (unpaired) electrons. The van der Waals surface area contributed by atoms with Gasteiger partial charge >= 0.3 is 12.3 Å². The maximum Gasteiger partial charge on any atom is 0.522 e. The molecule has 1 unspecified atom stereocenters. The zero-order chi connectivity index (χ0) is 12.1. The van der Waals surface area contributed by atoms with Crippen LogP contribution in [-0.4, -0.2) is 36.1 Å². The first kappa shape index (κ1) is 14.2. The number of carboxylic acid groups (broad SMARTS) is 1. The van der Waals surface area contributed by atoms with Gasteiger partial charge in [-0.05, 0) is 13.3 Å². The van der Waals surface area contributed by atoms with Gasteiger partial charge in [0.2, 0.25) is 0 Å². The molecule has 0 aliphatic rings. The van der Waals surface area contributed by atoms with Gasteiger partial charge in [-0.1, -0.05) is 6.92 Å². The average Bonchev–Trinajstić information content (AvgIpc) is 2.10. The van der Waals surface area contributed by atoms with Crippen LogP contribution in [0.2, 0.25) is 0 Å². The highest BCUT2D eigenvalue weighted by molar-refractivity contribution is 5.78. The van der Waals surface area contributed by atoms with E-state index in [1.807, 2.05) is 0 Å². The van der Waals surface area contributed by atoms with E-state index in [0.29, 0.717) is 0 Å². The zero-order valence-corrected chi connectivity index (χ0v) is 8.52. The molecule has 0 aromatic heterocycles. The van der Waals surface area contributed by atoms with E-state index in [9.17, 15) is 18.0 Å². The fourth-order valence-electron chi connectivity index (χ4n) is 0.846. The van der Waals surface area contributed by atoms with E-state index in [2.05, 4.69) is 10.1 Å². The molecule has 4 nitrogen and oxygen atoms in total. The van der Waals surface area contributed by atoms with Crippen LogP contribution >= 0.6 is 0 Å². The Balaban J connectivity index is 3.89. The van der Waals surface area contributed by atoms with Crippen LogP contribution in [0.3, 0.4) is 0 Å². The molecule has 0 saturated carbocycles. The molecular weight excluding hydrogens is 215 g/mol. The number of nitrogens with one attached hydrogen (secondary N) is 1. The number of ether oxygens (including phenoxy) is 1. The lowest BCUT2D eigenvalue weighted by Gasteiger charge is -2.24. The van der Waals surface area contributed by atoms with Crippen molar-refractivity contribution < 1.29 is 27.8 Å². The third-order valence-corrected chi connectivity index (χ3v) is 2.06. The molecule has 1 atom stereocenters. The van der Waals surface area contributed by atoms with E-state index in [-0.39, 0.29) is 13.0 Å². The van der Waals surface area contributed by atoms with Gasteiger partial charge in [-0.15, -0.1) is 13.2 Å². The Labute approximate surface area is 85.4 Å². The van der Waals surface area contributed by atoms with Gasteiger partial charge in [0, 0.05) is 6.54 Å². The van der Waals surface area contributed by atoms with Gasteiger partial charge in [0.15, 0.2) is 0 Å². The summed E-state index contributed by atoms with van der Waals surface area (Å²) in [6.45, 7) is 2.26. The van der Waals surface area contributed by atoms with Crippen molar-refractivity contribution in [2.45, 2.75) is 32.2 Å². The third kappa shape index (κ3) is 5.58. The Hall–Kier alpha value is -0.820. The maximum atomic E-state index is 11.5. The predicted octanol–water partition coefficient (Wildman–Crippen LogP) is 1.37. The van der Waals surface area contributed by atoms with Crippen molar-refractivity contribution >= 4 is 5.97 Å². The van der Waals surface area contributed by atoms with E-state index in [1.165, 1.54) is 6.92 Å². The number of aliphatic carboxylic acids is 1. The summed E-state index contributed by atoms with van der Waals surface area (Å²) in [5.74, 6) is -1.10. The van der Waals surface area contributed by atoms with Crippen LogP contribution in [0.25, 0.3) is 0 Å². The molecule has 0 amide bonds. The van der Waals surface area contributed by atoms with Gasteiger partial charge in [0.1, 0.15) is 5.54 Å². The molecule has 0 aromatic rings. The molecule has 15 heavy (non-hydrogen) atoms. The van der Waals surface area contributed by atoms with Crippen LogP contribution < -0.4 is 5.32 Å². The predicted molar refractivity (Wildman–Crippen MR) is 46.3 cm³/mol. The summed E-state index contributed by atoms with van der Waals surface area (Å²) in [4.78, 5) is 10.7. The minimum atomic E-state index is -4.67. The molecule has 7 heteroatoms. The molecule has 0 rings (SSSR count). The van der Waals surface area contributed by atoms with Crippen molar-refractivity contribution in [3.8, 4) is 0 Å². The second-order valence-corrected chi connectivity index (χ2v) is 3.21. The Morgan fingerprint density at radius 3 is 2.33 bits per heavy atom. The summed E-state index contributed by atoms with van der Waals surface area (Å²) in [5, 5.41) is 11.3. The smallest absolute Gasteiger partial charge is 0.480 e. The van der Waals surface area contributed by atoms with Crippen LogP contribution in [0.1, 0.15) is 20.3 Å². The van der Waals surface area contributed by atoms with Crippen LogP contribution in [0, 0.1) is 0 Å². The minimum absolute atomic E-state index is 0.170. The Bertz CT molecular complexity index is 220. The summed E-state index contributed by atoms with van der Waals surface area (Å²) in [7, 11) is 0. The van der Waals surface area contributed by atoms with Gasteiger partial charge in [0.25, 0.3) is 0 Å². The molecule has 0 aliphatic carbocycles. The van der Waals surface area contributed by atoms with Crippen molar-refractivity contribution in [3.63, 3.8) is 0 Å². The van der Waals surface area contributed by atoms with Crippen molar-refractivity contribution in [2.75, 3.05) is 13.2 Å². The summed E-state index contributed by atoms with van der Waals surface area (Å²) >= 11 is 0. The number of alkyl halides is 3. The SMILES string of the molecule is CCC(C)(NCCOC(F)(F)F)C(=O)O. The molecule has 90 valence electrons. The Morgan fingerprint density at radius 2 is 2.00 bits per heavy atom. The lowest BCUT2D eigenvalue weighted by molar-refractivity contribution is -0.323. The lowest BCUT2D eigenvalue weighted by Crippen LogP contribution is -2.50. The molecule has 0 spiro atoms. The fraction of sp³-hybridized carbons (Fsp3) is 0.875. The normalized spacial score (nSPS) is 16.1. The van der Waals surface area contributed by atoms with Crippen molar-refractivity contribution in [1.29, 1.82) is 0 Å². The van der Waals surface area contributed by atoms with Crippen LogP contribution in [-0.2, 0) is 9.53 Å². The number of hydrogen-bond acceptors (Lipinski definition) is 3. The van der Waals surface area contributed by atoms with Gasteiger partial charge < -0.3 is 5.11 Å². The second kappa shape index (κ2) is 5.32. The highest BCUT2D eigenvalue weighted by atomic mass is 19.4. The van der Waals surface area contributed by atoms with E-state index >= 15 is 0 Å². The monoisotopic (exact) mass is 229 g/mol. The number of rotatable bonds is 6. The number of halogens is 3.